The number of rotatable bonds is 5. The van der Waals surface area contributed by atoms with Gasteiger partial charge >= 0.3 is 11.9 Å². The Kier molecular flexibility index (Phi) is 5.69. The zero-order valence-electron chi connectivity index (χ0n) is 9.39. The first-order valence-corrected chi connectivity index (χ1v) is 5.96. The summed E-state index contributed by atoms with van der Waals surface area (Å²) in [4.78, 5) is 21.8. The number of ether oxygens (including phenoxy) is 2. The molecule has 0 aromatic heterocycles. The van der Waals surface area contributed by atoms with Crippen molar-refractivity contribution in [1.82, 2.24) is 0 Å². The molecule has 0 spiro atoms. The standard InChI is InChI=1S/C12H13BrO4/c1-16-12(15)10(13)7-11(14)17-8-9-5-3-2-4-6-9/h2-6,10H,7-8H2,1H3/t10-/m1/s1. The van der Waals surface area contributed by atoms with Crippen LogP contribution < -0.4 is 0 Å². The van der Waals surface area contributed by atoms with Gasteiger partial charge in [0.2, 0.25) is 0 Å². The van der Waals surface area contributed by atoms with Crippen LogP contribution in [0.2, 0.25) is 0 Å². The van der Waals surface area contributed by atoms with Crippen LogP contribution in [-0.2, 0) is 25.7 Å². The van der Waals surface area contributed by atoms with Crippen LogP contribution in [0.4, 0.5) is 0 Å². The molecule has 4 nitrogen and oxygen atoms in total. The van der Waals surface area contributed by atoms with Crippen LogP contribution in [0.15, 0.2) is 30.3 Å². The lowest BCUT2D eigenvalue weighted by molar-refractivity contribution is -0.149. The van der Waals surface area contributed by atoms with Crippen LogP contribution in [0.5, 0.6) is 0 Å². The number of carbonyl (C=O) groups excluding carboxylic acids is 2. The summed E-state index contributed by atoms with van der Waals surface area (Å²) in [6.45, 7) is 0.209. The molecule has 0 heterocycles. The van der Waals surface area contributed by atoms with E-state index in [1.165, 1.54) is 7.11 Å². The fraction of sp³-hybridized carbons (Fsp3) is 0.333. The van der Waals surface area contributed by atoms with Gasteiger partial charge in [-0.05, 0) is 5.56 Å². The summed E-state index contributed by atoms with van der Waals surface area (Å²) in [5.74, 6) is -0.928. The Bertz CT molecular complexity index is 377. The Hall–Kier alpha value is -1.36. The predicted molar refractivity (Wildman–Crippen MR) is 65.6 cm³/mol. The lowest BCUT2D eigenvalue weighted by Gasteiger charge is -2.08. The minimum Gasteiger partial charge on any atom is -0.468 e. The maximum atomic E-state index is 11.4. The second kappa shape index (κ2) is 7.06. The monoisotopic (exact) mass is 300 g/mol. The molecule has 1 aromatic carbocycles. The molecule has 0 aliphatic heterocycles. The van der Waals surface area contributed by atoms with Gasteiger partial charge in [0.05, 0.1) is 13.5 Å². The summed E-state index contributed by atoms with van der Waals surface area (Å²) >= 11 is 3.05. The van der Waals surface area contributed by atoms with Crippen molar-refractivity contribution < 1.29 is 19.1 Å². The van der Waals surface area contributed by atoms with Crippen LogP contribution in [0, 0.1) is 0 Å². The number of halogens is 1. The van der Waals surface area contributed by atoms with Gasteiger partial charge in [-0.3, -0.25) is 9.59 Å². The number of benzene rings is 1. The van der Waals surface area contributed by atoms with Crippen LogP contribution in [0.1, 0.15) is 12.0 Å². The highest BCUT2D eigenvalue weighted by Crippen LogP contribution is 2.09. The topological polar surface area (TPSA) is 52.6 Å². The zero-order valence-corrected chi connectivity index (χ0v) is 11.0. The maximum Gasteiger partial charge on any atom is 0.320 e. The minimum atomic E-state index is -0.657. The number of carbonyl (C=O) groups is 2. The first kappa shape index (κ1) is 13.7. The zero-order chi connectivity index (χ0) is 12.7. The van der Waals surface area contributed by atoms with Gasteiger partial charge in [0.15, 0.2) is 0 Å². The van der Waals surface area contributed by atoms with Crippen molar-refractivity contribution in [2.24, 2.45) is 0 Å². The summed E-state index contributed by atoms with van der Waals surface area (Å²) in [6.07, 6.45) is -0.0422. The van der Waals surface area contributed by atoms with E-state index in [1.54, 1.807) is 0 Å². The van der Waals surface area contributed by atoms with Crippen LogP contribution in [0.25, 0.3) is 0 Å². The summed E-state index contributed by atoms with van der Waals surface area (Å²) in [5.41, 5.74) is 0.907. The van der Waals surface area contributed by atoms with Gasteiger partial charge in [-0.1, -0.05) is 46.3 Å². The molecule has 17 heavy (non-hydrogen) atoms. The predicted octanol–water partition coefficient (Wildman–Crippen LogP) is 2.06. The van der Waals surface area contributed by atoms with Crippen LogP contribution >= 0.6 is 15.9 Å². The molecule has 0 amide bonds. The molecule has 0 saturated carbocycles. The van der Waals surface area contributed by atoms with Gasteiger partial charge in [0, 0.05) is 0 Å². The highest BCUT2D eigenvalue weighted by atomic mass is 79.9. The van der Waals surface area contributed by atoms with Crippen LogP contribution in [-0.4, -0.2) is 23.9 Å². The Labute approximate surface area is 108 Å². The minimum absolute atomic E-state index is 0.0422. The van der Waals surface area contributed by atoms with E-state index in [2.05, 4.69) is 20.7 Å². The van der Waals surface area contributed by atoms with Crippen molar-refractivity contribution >= 4 is 27.9 Å². The van der Waals surface area contributed by atoms with Gasteiger partial charge in [-0.15, -0.1) is 0 Å². The first-order chi connectivity index (χ1) is 8.13. The molecule has 0 fully saturated rings. The van der Waals surface area contributed by atoms with E-state index in [-0.39, 0.29) is 13.0 Å². The van der Waals surface area contributed by atoms with Crippen molar-refractivity contribution in [2.75, 3.05) is 7.11 Å². The fourth-order valence-electron chi connectivity index (χ4n) is 1.15. The summed E-state index contributed by atoms with van der Waals surface area (Å²) < 4.78 is 9.50. The quantitative estimate of drug-likeness (QED) is 0.617. The SMILES string of the molecule is COC(=O)[C@H](Br)CC(=O)OCc1ccccc1. The van der Waals surface area contributed by atoms with Gasteiger partial charge < -0.3 is 9.47 Å². The molecular formula is C12H13BrO4. The van der Waals surface area contributed by atoms with Crippen molar-refractivity contribution in [2.45, 2.75) is 17.9 Å². The molecule has 0 aliphatic rings. The molecule has 92 valence electrons. The largest absolute Gasteiger partial charge is 0.468 e. The number of hydrogen-bond donors (Lipinski definition) is 0. The van der Waals surface area contributed by atoms with Gasteiger partial charge in [0.25, 0.3) is 0 Å². The van der Waals surface area contributed by atoms with E-state index in [9.17, 15) is 9.59 Å². The van der Waals surface area contributed by atoms with E-state index in [4.69, 9.17) is 4.74 Å². The fourth-order valence-corrected chi connectivity index (χ4v) is 1.61. The van der Waals surface area contributed by atoms with E-state index < -0.39 is 16.8 Å². The molecule has 5 heteroatoms. The number of esters is 2. The van der Waals surface area contributed by atoms with E-state index in [0.717, 1.165) is 5.56 Å². The third kappa shape index (κ3) is 4.99. The summed E-state index contributed by atoms with van der Waals surface area (Å²) in [5, 5.41) is 0. The van der Waals surface area contributed by atoms with Gasteiger partial charge in [0.1, 0.15) is 11.4 Å². The Morgan fingerprint density at radius 3 is 2.53 bits per heavy atom. The molecule has 0 N–H and O–H groups in total. The normalized spacial score (nSPS) is 11.6. The van der Waals surface area contributed by atoms with Crippen molar-refractivity contribution in [1.29, 1.82) is 0 Å². The Morgan fingerprint density at radius 2 is 1.94 bits per heavy atom. The lowest BCUT2D eigenvalue weighted by Crippen LogP contribution is -2.20. The summed E-state index contributed by atoms with van der Waals surface area (Å²) in [7, 11) is 1.27. The van der Waals surface area contributed by atoms with Crippen molar-refractivity contribution in [3.63, 3.8) is 0 Å². The van der Waals surface area contributed by atoms with Crippen molar-refractivity contribution in [3.8, 4) is 0 Å². The first-order valence-electron chi connectivity index (χ1n) is 5.05. The molecule has 0 aliphatic carbocycles. The molecule has 1 rings (SSSR count). The average Bonchev–Trinajstić information content (AvgIpc) is 2.36. The third-order valence-corrected chi connectivity index (χ3v) is 2.74. The Balaban J connectivity index is 2.33. The number of alkyl halides is 1. The van der Waals surface area contributed by atoms with E-state index in [0.29, 0.717) is 0 Å². The van der Waals surface area contributed by atoms with Gasteiger partial charge in [-0.25, -0.2) is 0 Å². The van der Waals surface area contributed by atoms with E-state index in [1.807, 2.05) is 30.3 Å². The third-order valence-electron chi connectivity index (χ3n) is 2.05. The molecule has 0 bridgehead atoms. The second-order valence-electron chi connectivity index (χ2n) is 3.34. The smallest absolute Gasteiger partial charge is 0.320 e. The van der Waals surface area contributed by atoms with Gasteiger partial charge in [-0.2, -0.15) is 0 Å². The molecule has 1 aromatic rings. The van der Waals surface area contributed by atoms with Crippen molar-refractivity contribution in [3.05, 3.63) is 35.9 Å². The number of methoxy groups -OCH3 is 1. The average molecular weight is 301 g/mol. The van der Waals surface area contributed by atoms with E-state index >= 15 is 0 Å². The highest BCUT2D eigenvalue weighted by Gasteiger charge is 2.20. The molecule has 1 atom stereocenters. The molecule has 0 radical (unpaired) electrons. The molecule has 0 saturated heterocycles. The highest BCUT2D eigenvalue weighted by molar-refractivity contribution is 9.10. The number of hydrogen-bond acceptors (Lipinski definition) is 4. The Morgan fingerprint density at radius 1 is 1.29 bits per heavy atom. The maximum absolute atomic E-state index is 11.4. The van der Waals surface area contributed by atoms with Crippen LogP contribution in [0.3, 0.4) is 0 Å². The summed E-state index contributed by atoms with van der Waals surface area (Å²) in [6, 6.07) is 9.34. The molecule has 0 unspecified atom stereocenters. The second-order valence-corrected chi connectivity index (χ2v) is 4.45. The lowest BCUT2D eigenvalue weighted by atomic mass is 10.2. The molecular weight excluding hydrogens is 288 g/mol.